The van der Waals surface area contributed by atoms with E-state index in [-0.39, 0.29) is 24.2 Å². The lowest BCUT2D eigenvalue weighted by molar-refractivity contribution is -0.128. The minimum absolute atomic E-state index is 0.0484. The number of piperidine rings is 1. The number of amides is 2. The quantitative estimate of drug-likeness (QED) is 0.841. The van der Waals surface area contributed by atoms with Crippen molar-refractivity contribution in [1.29, 1.82) is 0 Å². The Labute approximate surface area is 172 Å². The van der Waals surface area contributed by atoms with E-state index < -0.39 is 0 Å². The first-order valence-corrected chi connectivity index (χ1v) is 10.6. The molecule has 0 aliphatic carbocycles. The molecule has 2 amide bonds. The summed E-state index contributed by atoms with van der Waals surface area (Å²) in [5, 5.41) is 3.11. The van der Waals surface area contributed by atoms with Crippen molar-refractivity contribution in [2.75, 3.05) is 29.9 Å². The van der Waals surface area contributed by atoms with Crippen molar-refractivity contribution in [1.82, 2.24) is 4.90 Å². The predicted octanol–water partition coefficient (Wildman–Crippen LogP) is 3.91. The first-order chi connectivity index (χ1) is 14.1. The van der Waals surface area contributed by atoms with E-state index in [1.54, 1.807) is 4.90 Å². The van der Waals surface area contributed by atoms with Gasteiger partial charge in [-0.3, -0.25) is 9.59 Å². The second-order valence-electron chi connectivity index (χ2n) is 8.34. The topological polar surface area (TPSA) is 52.7 Å². The third-order valence-corrected chi connectivity index (χ3v) is 6.09. The number of carbonyl (C=O) groups excluding carboxylic acids is 2. The highest BCUT2D eigenvalue weighted by atomic mass is 16.2. The molecule has 2 aromatic carbocycles. The molecule has 0 spiro atoms. The Morgan fingerprint density at radius 3 is 2.48 bits per heavy atom. The highest BCUT2D eigenvalue weighted by molar-refractivity contribution is 5.99. The molecule has 4 rings (SSSR count). The third-order valence-electron chi connectivity index (χ3n) is 6.09. The van der Waals surface area contributed by atoms with Crippen LogP contribution in [0.4, 0.5) is 11.4 Å². The highest BCUT2D eigenvalue weighted by Gasteiger charge is 2.34. The van der Waals surface area contributed by atoms with Crippen LogP contribution in [0.5, 0.6) is 0 Å². The lowest BCUT2D eigenvalue weighted by Gasteiger charge is -2.33. The molecule has 2 saturated heterocycles. The molecule has 0 bridgehead atoms. The summed E-state index contributed by atoms with van der Waals surface area (Å²) in [6.45, 7) is 5.36. The van der Waals surface area contributed by atoms with Crippen LogP contribution < -0.4 is 10.2 Å². The summed E-state index contributed by atoms with van der Waals surface area (Å²) in [5.74, 6) is 0.438. The van der Waals surface area contributed by atoms with Crippen molar-refractivity contribution in [3.63, 3.8) is 0 Å². The van der Waals surface area contributed by atoms with E-state index in [4.69, 9.17) is 0 Å². The second-order valence-corrected chi connectivity index (χ2v) is 8.34. The van der Waals surface area contributed by atoms with Crippen LogP contribution in [0.15, 0.2) is 54.6 Å². The molecule has 0 radical (unpaired) electrons. The fourth-order valence-corrected chi connectivity index (χ4v) is 4.24. The minimum Gasteiger partial charge on any atom is -0.370 e. The second kappa shape index (κ2) is 8.68. The monoisotopic (exact) mass is 391 g/mol. The van der Waals surface area contributed by atoms with Crippen molar-refractivity contribution in [2.45, 2.75) is 32.7 Å². The Morgan fingerprint density at radius 1 is 1.03 bits per heavy atom. The Kier molecular flexibility index (Phi) is 5.84. The summed E-state index contributed by atoms with van der Waals surface area (Å²) in [7, 11) is 0. The average Bonchev–Trinajstić information content (AvgIpc) is 3.10. The zero-order valence-corrected chi connectivity index (χ0v) is 17.0. The van der Waals surface area contributed by atoms with Gasteiger partial charge in [0.25, 0.3) is 0 Å². The standard InChI is InChI=1S/C24H29N3O2/c1-18-11-13-26(14-12-18)22-10-6-5-9-21(22)25-24(29)20-15-23(28)27(17-20)16-19-7-3-2-4-8-19/h2-10,18,20H,11-17H2,1H3,(H,25,29)/t20-/m1/s1. The van der Waals surface area contributed by atoms with E-state index in [2.05, 4.69) is 23.2 Å². The maximum absolute atomic E-state index is 12.9. The molecule has 0 unspecified atom stereocenters. The molecular formula is C24H29N3O2. The summed E-state index contributed by atoms with van der Waals surface area (Å²) in [6.07, 6.45) is 2.63. The lowest BCUT2D eigenvalue weighted by atomic mass is 9.98. The van der Waals surface area contributed by atoms with Gasteiger partial charge in [0, 0.05) is 32.6 Å². The van der Waals surface area contributed by atoms with Gasteiger partial charge in [0.05, 0.1) is 17.3 Å². The van der Waals surface area contributed by atoms with Crippen LogP contribution in [0.25, 0.3) is 0 Å². The summed E-state index contributed by atoms with van der Waals surface area (Å²) >= 11 is 0. The van der Waals surface area contributed by atoms with E-state index >= 15 is 0 Å². The zero-order valence-electron chi connectivity index (χ0n) is 17.0. The Morgan fingerprint density at radius 2 is 1.72 bits per heavy atom. The molecular weight excluding hydrogens is 362 g/mol. The van der Waals surface area contributed by atoms with Gasteiger partial charge in [-0.15, -0.1) is 0 Å². The number of para-hydroxylation sites is 2. The molecule has 5 heteroatoms. The predicted molar refractivity (Wildman–Crippen MR) is 116 cm³/mol. The fraction of sp³-hybridized carbons (Fsp3) is 0.417. The number of hydrogen-bond donors (Lipinski definition) is 1. The Balaban J connectivity index is 1.40. The van der Waals surface area contributed by atoms with E-state index in [0.717, 1.165) is 35.9 Å². The van der Waals surface area contributed by atoms with Crippen LogP contribution in [-0.2, 0) is 16.1 Å². The molecule has 2 heterocycles. The summed E-state index contributed by atoms with van der Waals surface area (Å²) < 4.78 is 0. The third kappa shape index (κ3) is 4.61. The molecule has 152 valence electrons. The lowest BCUT2D eigenvalue weighted by Crippen LogP contribution is -2.34. The summed E-state index contributed by atoms with van der Waals surface area (Å²) in [6, 6.07) is 17.9. The first kappa shape index (κ1) is 19.5. The number of rotatable bonds is 5. The van der Waals surface area contributed by atoms with Crippen LogP contribution in [0, 0.1) is 11.8 Å². The van der Waals surface area contributed by atoms with Crippen LogP contribution in [0.2, 0.25) is 0 Å². The number of hydrogen-bond acceptors (Lipinski definition) is 3. The molecule has 2 aliphatic heterocycles. The largest absolute Gasteiger partial charge is 0.370 e. The fourth-order valence-electron chi connectivity index (χ4n) is 4.24. The van der Waals surface area contributed by atoms with Crippen LogP contribution in [-0.4, -0.2) is 36.3 Å². The van der Waals surface area contributed by atoms with E-state index in [0.29, 0.717) is 13.1 Å². The van der Waals surface area contributed by atoms with Gasteiger partial charge >= 0.3 is 0 Å². The van der Waals surface area contributed by atoms with Crippen molar-refractivity contribution < 1.29 is 9.59 Å². The van der Waals surface area contributed by atoms with Gasteiger partial charge in [0.1, 0.15) is 0 Å². The van der Waals surface area contributed by atoms with Crippen LogP contribution in [0.3, 0.4) is 0 Å². The van der Waals surface area contributed by atoms with Crippen molar-refractivity contribution in [2.24, 2.45) is 11.8 Å². The van der Waals surface area contributed by atoms with Crippen molar-refractivity contribution in [3.8, 4) is 0 Å². The summed E-state index contributed by atoms with van der Waals surface area (Å²) in [4.78, 5) is 29.5. The minimum atomic E-state index is -0.305. The SMILES string of the molecule is CC1CCN(c2ccccc2NC(=O)[C@@H]2CC(=O)N(Cc3ccccc3)C2)CC1. The molecule has 0 saturated carbocycles. The summed E-state index contributed by atoms with van der Waals surface area (Å²) in [5.41, 5.74) is 3.02. The van der Waals surface area contributed by atoms with Gasteiger partial charge in [-0.1, -0.05) is 49.4 Å². The smallest absolute Gasteiger partial charge is 0.229 e. The molecule has 0 aromatic heterocycles. The molecule has 5 nitrogen and oxygen atoms in total. The normalized spacial score (nSPS) is 20.2. The van der Waals surface area contributed by atoms with E-state index in [1.807, 2.05) is 48.5 Å². The number of nitrogens with one attached hydrogen (secondary N) is 1. The average molecular weight is 392 g/mol. The van der Waals surface area contributed by atoms with Gasteiger partial charge in [-0.05, 0) is 36.5 Å². The van der Waals surface area contributed by atoms with Crippen LogP contribution >= 0.6 is 0 Å². The Bertz CT molecular complexity index is 859. The maximum Gasteiger partial charge on any atom is 0.229 e. The van der Waals surface area contributed by atoms with Gasteiger partial charge < -0.3 is 15.1 Å². The molecule has 1 N–H and O–H groups in total. The molecule has 1 atom stereocenters. The van der Waals surface area contributed by atoms with Gasteiger partial charge in [-0.2, -0.15) is 0 Å². The van der Waals surface area contributed by atoms with Gasteiger partial charge in [0.15, 0.2) is 0 Å². The van der Waals surface area contributed by atoms with Gasteiger partial charge in [-0.25, -0.2) is 0 Å². The molecule has 2 aromatic rings. The maximum atomic E-state index is 12.9. The van der Waals surface area contributed by atoms with Gasteiger partial charge in [0.2, 0.25) is 11.8 Å². The zero-order chi connectivity index (χ0) is 20.2. The molecule has 29 heavy (non-hydrogen) atoms. The van der Waals surface area contributed by atoms with Crippen molar-refractivity contribution >= 4 is 23.2 Å². The number of carbonyl (C=O) groups is 2. The number of nitrogens with zero attached hydrogens (tertiary/aromatic N) is 2. The van der Waals surface area contributed by atoms with E-state index in [1.165, 1.54) is 12.8 Å². The first-order valence-electron chi connectivity index (χ1n) is 10.6. The van der Waals surface area contributed by atoms with E-state index in [9.17, 15) is 9.59 Å². The van der Waals surface area contributed by atoms with Crippen LogP contribution in [0.1, 0.15) is 31.7 Å². The Hall–Kier alpha value is -2.82. The molecule has 2 aliphatic rings. The number of likely N-dealkylation sites (tertiary alicyclic amines) is 1. The highest BCUT2D eigenvalue weighted by Crippen LogP contribution is 2.31. The number of anilines is 2. The van der Waals surface area contributed by atoms with Crippen molar-refractivity contribution in [3.05, 3.63) is 60.2 Å². The molecule has 2 fully saturated rings. The number of benzene rings is 2.